The summed E-state index contributed by atoms with van der Waals surface area (Å²) in [6.07, 6.45) is 0.361. The highest BCUT2D eigenvalue weighted by Gasteiger charge is 2.33. The van der Waals surface area contributed by atoms with Crippen molar-refractivity contribution in [3.8, 4) is 5.75 Å². The summed E-state index contributed by atoms with van der Waals surface area (Å²) in [4.78, 5) is 12.5. The summed E-state index contributed by atoms with van der Waals surface area (Å²) in [5, 5.41) is 15.7. The van der Waals surface area contributed by atoms with Crippen molar-refractivity contribution in [3.05, 3.63) is 58.1 Å². The Kier molecular flexibility index (Phi) is 4.41. The summed E-state index contributed by atoms with van der Waals surface area (Å²) in [7, 11) is 0. The van der Waals surface area contributed by atoms with Gasteiger partial charge < -0.3 is 15.3 Å². The van der Waals surface area contributed by atoms with Crippen molar-refractivity contribution in [1.29, 1.82) is 0 Å². The molecule has 1 aliphatic rings. The quantitative estimate of drug-likeness (QED) is 0.635. The summed E-state index contributed by atoms with van der Waals surface area (Å²) in [6.45, 7) is 0. The summed E-state index contributed by atoms with van der Waals surface area (Å²) in [5.41, 5.74) is 1.25. The molecule has 2 N–H and O–H groups in total. The van der Waals surface area contributed by atoms with Crippen LogP contribution in [0.4, 0.5) is 5.69 Å². The topological polar surface area (TPSA) is 70.9 Å². The van der Waals surface area contributed by atoms with Crippen LogP contribution in [0.1, 0.15) is 5.56 Å². The number of benzene rings is 2. The van der Waals surface area contributed by atoms with E-state index in [0.717, 1.165) is 5.56 Å². The minimum Gasteiger partial charge on any atom is -0.439 e. The maximum Gasteiger partial charge on any atom is 0.243 e. The molecule has 3 rings (SSSR count). The lowest BCUT2D eigenvalue weighted by Crippen LogP contribution is -2.37. The number of nitrogens with one attached hydrogen (secondary N) is 1. The van der Waals surface area contributed by atoms with Crippen LogP contribution in [0.5, 0.6) is 5.75 Å². The van der Waals surface area contributed by atoms with Crippen molar-refractivity contribution in [2.24, 2.45) is 11.1 Å². The smallest absolute Gasteiger partial charge is 0.243 e. The molecule has 0 saturated carbocycles. The molecule has 5 nitrogen and oxygen atoms in total. The first-order chi connectivity index (χ1) is 11.1. The van der Waals surface area contributed by atoms with E-state index in [2.05, 4.69) is 10.5 Å². The van der Waals surface area contributed by atoms with E-state index in [-0.39, 0.29) is 5.90 Å². The van der Waals surface area contributed by atoms with E-state index in [1.165, 1.54) is 0 Å². The van der Waals surface area contributed by atoms with Crippen molar-refractivity contribution in [2.45, 2.75) is 6.42 Å². The van der Waals surface area contributed by atoms with Gasteiger partial charge in [-0.2, -0.15) is 0 Å². The molecule has 0 saturated heterocycles. The zero-order valence-electron chi connectivity index (χ0n) is 11.8. The molecular weight excluding hydrogens is 339 g/mol. The zero-order chi connectivity index (χ0) is 16.4. The molecule has 1 atom stereocenters. The van der Waals surface area contributed by atoms with Gasteiger partial charge in [0.25, 0.3) is 0 Å². The van der Waals surface area contributed by atoms with Gasteiger partial charge in [0.1, 0.15) is 11.7 Å². The number of nitrogens with zero attached hydrogens (tertiary/aromatic N) is 1. The van der Waals surface area contributed by atoms with E-state index in [1.54, 1.807) is 30.3 Å². The van der Waals surface area contributed by atoms with E-state index < -0.39 is 11.8 Å². The lowest BCUT2D eigenvalue weighted by molar-refractivity contribution is -0.118. The van der Waals surface area contributed by atoms with Gasteiger partial charge in [-0.25, -0.2) is 0 Å². The second-order valence-electron chi connectivity index (χ2n) is 5.02. The van der Waals surface area contributed by atoms with Gasteiger partial charge in [0, 0.05) is 5.02 Å². The highest BCUT2D eigenvalue weighted by Crippen LogP contribution is 2.30. The van der Waals surface area contributed by atoms with Crippen LogP contribution in [0.15, 0.2) is 47.6 Å². The summed E-state index contributed by atoms with van der Waals surface area (Å²) >= 11 is 12.0. The maximum absolute atomic E-state index is 12.5. The van der Waals surface area contributed by atoms with Crippen molar-refractivity contribution in [2.75, 3.05) is 5.32 Å². The molecular formula is C16H12Cl2N2O3. The first-order valence-electron chi connectivity index (χ1n) is 6.82. The van der Waals surface area contributed by atoms with Crippen LogP contribution in [0.25, 0.3) is 0 Å². The Labute approximate surface area is 142 Å². The Bertz CT molecular complexity index is 793. The third-order valence-corrected chi connectivity index (χ3v) is 4.08. The zero-order valence-corrected chi connectivity index (χ0v) is 13.3. The SMILES string of the molecule is O=C(Nc1cc(Cl)ccc1Cl)C1Cc2ccccc2OC1=NO. The van der Waals surface area contributed by atoms with E-state index in [9.17, 15) is 4.79 Å². The average Bonchev–Trinajstić information content (AvgIpc) is 2.56. The number of hydrogen-bond acceptors (Lipinski definition) is 4. The van der Waals surface area contributed by atoms with Crippen LogP contribution in [0.3, 0.4) is 0 Å². The molecule has 0 aliphatic carbocycles. The number of halogens is 2. The standard InChI is InChI=1S/C16H12Cl2N2O3/c17-10-5-6-12(18)13(8-10)19-15(21)11-7-9-3-1-2-4-14(9)23-16(11)20-22/h1-6,8,11,22H,7H2,(H,19,21). The van der Waals surface area contributed by atoms with Crippen molar-refractivity contribution >= 4 is 40.7 Å². The van der Waals surface area contributed by atoms with Crippen LogP contribution in [0.2, 0.25) is 10.0 Å². The Hall–Kier alpha value is -2.24. The monoisotopic (exact) mass is 350 g/mol. The van der Waals surface area contributed by atoms with Gasteiger partial charge in [-0.05, 0) is 36.2 Å². The molecule has 23 heavy (non-hydrogen) atoms. The fourth-order valence-corrected chi connectivity index (χ4v) is 2.71. The second-order valence-corrected chi connectivity index (χ2v) is 5.86. The van der Waals surface area contributed by atoms with Crippen LogP contribution in [-0.2, 0) is 11.2 Å². The second kappa shape index (κ2) is 6.48. The minimum atomic E-state index is -0.759. The van der Waals surface area contributed by atoms with Crippen molar-refractivity contribution in [1.82, 2.24) is 0 Å². The molecule has 1 amide bonds. The lowest BCUT2D eigenvalue weighted by Gasteiger charge is -2.24. The number of rotatable bonds is 2. The van der Waals surface area contributed by atoms with Crippen molar-refractivity contribution in [3.63, 3.8) is 0 Å². The van der Waals surface area contributed by atoms with E-state index in [1.807, 2.05) is 12.1 Å². The normalized spacial score (nSPS) is 18.2. The molecule has 0 radical (unpaired) electrons. The fraction of sp³-hybridized carbons (Fsp3) is 0.125. The minimum absolute atomic E-state index is 0.0562. The number of oxime groups is 1. The van der Waals surface area contributed by atoms with Gasteiger partial charge in [-0.3, -0.25) is 4.79 Å². The summed E-state index contributed by atoms with van der Waals surface area (Å²) in [6, 6.07) is 12.0. The third kappa shape index (κ3) is 3.25. The largest absolute Gasteiger partial charge is 0.439 e. The van der Waals surface area contributed by atoms with Gasteiger partial charge in [0.15, 0.2) is 0 Å². The maximum atomic E-state index is 12.5. The molecule has 0 bridgehead atoms. The third-order valence-electron chi connectivity index (χ3n) is 3.51. The van der Waals surface area contributed by atoms with E-state index in [0.29, 0.717) is 27.9 Å². The van der Waals surface area contributed by atoms with Gasteiger partial charge in [-0.1, -0.05) is 46.6 Å². The van der Waals surface area contributed by atoms with E-state index in [4.69, 9.17) is 33.1 Å². The number of carbonyl (C=O) groups excluding carboxylic acids is 1. The number of hydrogen-bond donors (Lipinski definition) is 2. The summed E-state index contributed by atoms with van der Waals surface area (Å²) in [5.74, 6) is -0.633. The molecule has 2 aromatic carbocycles. The molecule has 1 heterocycles. The number of ether oxygens (including phenoxy) is 1. The Morgan fingerprint density at radius 2 is 2.04 bits per heavy atom. The van der Waals surface area contributed by atoms with Crippen molar-refractivity contribution < 1.29 is 14.7 Å². The molecule has 118 valence electrons. The fourth-order valence-electron chi connectivity index (χ4n) is 2.37. The first kappa shape index (κ1) is 15.6. The number of amides is 1. The Morgan fingerprint density at radius 3 is 2.83 bits per heavy atom. The number of fused-ring (bicyclic) bond motifs is 1. The molecule has 2 aromatic rings. The molecule has 7 heteroatoms. The van der Waals surface area contributed by atoms with Gasteiger partial charge in [0.05, 0.1) is 10.7 Å². The summed E-state index contributed by atoms with van der Waals surface area (Å²) < 4.78 is 5.49. The molecule has 1 unspecified atom stereocenters. The van der Waals surface area contributed by atoms with Gasteiger partial charge >= 0.3 is 0 Å². The average molecular weight is 351 g/mol. The Balaban J connectivity index is 1.85. The molecule has 0 fully saturated rings. The van der Waals surface area contributed by atoms with Crippen LogP contribution >= 0.6 is 23.2 Å². The van der Waals surface area contributed by atoms with Crippen LogP contribution < -0.4 is 10.1 Å². The molecule has 0 aromatic heterocycles. The number of para-hydroxylation sites is 1. The van der Waals surface area contributed by atoms with Gasteiger partial charge in [-0.15, -0.1) is 0 Å². The first-order valence-corrected chi connectivity index (χ1v) is 7.57. The molecule has 0 spiro atoms. The lowest BCUT2D eigenvalue weighted by atomic mass is 9.95. The van der Waals surface area contributed by atoms with Crippen LogP contribution in [0, 0.1) is 5.92 Å². The van der Waals surface area contributed by atoms with E-state index >= 15 is 0 Å². The van der Waals surface area contributed by atoms with Gasteiger partial charge in [0.2, 0.25) is 11.8 Å². The van der Waals surface area contributed by atoms with Crippen LogP contribution in [-0.4, -0.2) is 17.0 Å². The number of carbonyl (C=O) groups is 1. The number of anilines is 1. The predicted molar refractivity (Wildman–Crippen MR) is 88.6 cm³/mol. The predicted octanol–water partition coefficient (Wildman–Crippen LogP) is 3.97. The Morgan fingerprint density at radius 1 is 1.26 bits per heavy atom. The highest BCUT2D eigenvalue weighted by molar-refractivity contribution is 6.35. The molecule has 1 aliphatic heterocycles. The highest BCUT2D eigenvalue weighted by atomic mass is 35.5.